The summed E-state index contributed by atoms with van der Waals surface area (Å²) in [7, 11) is 3.80. The van der Waals surface area contributed by atoms with Gasteiger partial charge in [-0.25, -0.2) is 9.78 Å². The van der Waals surface area contributed by atoms with E-state index in [9.17, 15) is 9.90 Å². The van der Waals surface area contributed by atoms with Crippen LogP contribution < -0.4 is 15.1 Å². The van der Waals surface area contributed by atoms with E-state index in [0.717, 1.165) is 48.0 Å². The molecule has 0 radical (unpaired) electrons. The van der Waals surface area contributed by atoms with Gasteiger partial charge in [-0.3, -0.25) is 0 Å². The number of hydrogen-bond donors (Lipinski definition) is 2. The summed E-state index contributed by atoms with van der Waals surface area (Å²) in [6, 6.07) is 10.8. The van der Waals surface area contributed by atoms with Gasteiger partial charge in [0, 0.05) is 51.2 Å². The molecule has 3 aliphatic heterocycles. The SMILES string of the molecule is CN1C(=O)N(C)[C@H]2CCN(c3ccc4c(c3)N(CO)Cc3cccnc3N4)C[C@H]21. The van der Waals surface area contributed by atoms with Crippen LogP contribution in [0.5, 0.6) is 0 Å². The number of amides is 2. The predicted molar refractivity (Wildman–Crippen MR) is 113 cm³/mol. The molecular weight excluding hydrogens is 368 g/mol. The maximum absolute atomic E-state index is 12.3. The quantitative estimate of drug-likeness (QED) is 0.812. The molecule has 2 aromatic rings. The van der Waals surface area contributed by atoms with Gasteiger partial charge in [0.05, 0.1) is 23.5 Å². The van der Waals surface area contributed by atoms with Gasteiger partial charge in [-0.1, -0.05) is 6.07 Å². The van der Waals surface area contributed by atoms with Gasteiger partial charge in [0.15, 0.2) is 0 Å². The van der Waals surface area contributed by atoms with Crippen molar-refractivity contribution in [3.8, 4) is 0 Å². The number of hydrogen-bond acceptors (Lipinski definition) is 6. The van der Waals surface area contributed by atoms with Crippen LogP contribution in [-0.4, -0.2) is 71.9 Å². The highest BCUT2D eigenvalue weighted by atomic mass is 16.3. The second kappa shape index (κ2) is 6.81. The van der Waals surface area contributed by atoms with Gasteiger partial charge < -0.3 is 30.0 Å². The topological polar surface area (TPSA) is 75.2 Å². The number of fused-ring (bicyclic) bond motifs is 3. The number of nitrogens with one attached hydrogen (secondary N) is 1. The lowest BCUT2D eigenvalue weighted by molar-refractivity contribution is 0.200. The first kappa shape index (κ1) is 18.1. The second-order valence-corrected chi connectivity index (χ2v) is 8.05. The van der Waals surface area contributed by atoms with Crippen LogP contribution in [-0.2, 0) is 6.54 Å². The molecular formula is C21H26N6O2. The van der Waals surface area contributed by atoms with E-state index in [0.29, 0.717) is 6.54 Å². The lowest BCUT2D eigenvalue weighted by Gasteiger charge is -2.39. The van der Waals surface area contributed by atoms with Crippen molar-refractivity contribution in [3.63, 3.8) is 0 Å². The summed E-state index contributed by atoms with van der Waals surface area (Å²) in [5.41, 5.74) is 4.05. The Morgan fingerprint density at radius 2 is 2.03 bits per heavy atom. The van der Waals surface area contributed by atoms with Gasteiger partial charge >= 0.3 is 6.03 Å². The van der Waals surface area contributed by atoms with Crippen molar-refractivity contribution in [1.82, 2.24) is 14.8 Å². The molecule has 152 valence electrons. The Morgan fingerprint density at radius 1 is 1.21 bits per heavy atom. The minimum absolute atomic E-state index is 0.0702. The number of aliphatic hydroxyl groups is 1. The summed E-state index contributed by atoms with van der Waals surface area (Å²) in [6.45, 7) is 2.24. The van der Waals surface area contributed by atoms with E-state index in [4.69, 9.17) is 0 Å². The van der Waals surface area contributed by atoms with E-state index >= 15 is 0 Å². The van der Waals surface area contributed by atoms with Crippen LogP contribution >= 0.6 is 0 Å². The molecule has 1 aromatic carbocycles. The lowest BCUT2D eigenvalue weighted by Crippen LogP contribution is -2.51. The number of pyridine rings is 1. The molecule has 2 amide bonds. The number of aliphatic hydroxyl groups excluding tert-OH is 1. The number of benzene rings is 1. The fraction of sp³-hybridized carbons (Fsp3) is 0.429. The summed E-state index contributed by atoms with van der Waals surface area (Å²) >= 11 is 0. The minimum Gasteiger partial charge on any atom is -0.376 e. The smallest absolute Gasteiger partial charge is 0.320 e. The minimum atomic E-state index is -0.0702. The second-order valence-electron chi connectivity index (χ2n) is 8.05. The van der Waals surface area contributed by atoms with Gasteiger partial charge in [-0.05, 0) is 30.7 Å². The molecule has 0 unspecified atom stereocenters. The van der Waals surface area contributed by atoms with Gasteiger partial charge in [0.2, 0.25) is 0 Å². The molecule has 2 fully saturated rings. The molecule has 2 saturated heterocycles. The van der Waals surface area contributed by atoms with Crippen molar-refractivity contribution < 1.29 is 9.90 Å². The number of urea groups is 1. The van der Waals surface area contributed by atoms with Crippen LogP contribution in [0.25, 0.3) is 0 Å². The lowest BCUT2D eigenvalue weighted by atomic mass is 9.99. The summed E-state index contributed by atoms with van der Waals surface area (Å²) in [5.74, 6) is 0.826. The van der Waals surface area contributed by atoms with Gasteiger partial charge in [-0.2, -0.15) is 0 Å². The van der Waals surface area contributed by atoms with Crippen LogP contribution in [0.2, 0.25) is 0 Å². The predicted octanol–water partition coefficient (Wildman–Crippen LogP) is 2.04. The van der Waals surface area contributed by atoms with Crippen LogP contribution in [0.4, 0.5) is 27.7 Å². The van der Waals surface area contributed by atoms with Gasteiger partial charge in [0.1, 0.15) is 12.5 Å². The van der Waals surface area contributed by atoms with Gasteiger partial charge in [0.25, 0.3) is 0 Å². The zero-order valence-electron chi connectivity index (χ0n) is 16.7. The van der Waals surface area contributed by atoms with E-state index in [1.165, 1.54) is 0 Å². The molecule has 2 N–H and O–H groups in total. The van der Waals surface area contributed by atoms with Crippen molar-refractivity contribution in [3.05, 3.63) is 42.1 Å². The summed E-state index contributed by atoms with van der Waals surface area (Å²) < 4.78 is 0. The fourth-order valence-electron chi connectivity index (χ4n) is 4.83. The number of aromatic nitrogens is 1. The Bertz CT molecular complexity index is 951. The number of rotatable bonds is 2. The number of likely N-dealkylation sites (N-methyl/N-ethyl adjacent to an activating group) is 2. The van der Waals surface area contributed by atoms with Crippen molar-refractivity contribution in [1.29, 1.82) is 0 Å². The highest BCUT2D eigenvalue weighted by molar-refractivity contribution is 5.81. The zero-order valence-corrected chi connectivity index (χ0v) is 16.7. The first-order valence-electron chi connectivity index (χ1n) is 10.0. The summed E-state index contributed by atoms with van der Waals surface area (Å²) in [6.07, 6.45) is 2.72. The third kappa shape index (κ3) is 2.86. The largest absolute Gasteiger partial charge is 0.376 e. The Balaban J connectivity index is 1.45. The summed E-state index contributed by atoms with van der Waals surface area (Å²) in [4.78, 5) is 24.8. The van der Waals surface area contributed by atoms with E-state index in [-0.39, 0.29) is 24.8 Å². The third-order valence-corrected chi connectivity index (χ3v) is 6.51. The molecule has 0 bridgehead atoms. The molecule has 3 aliphatic rings. The van der Waals surface area contributed by atoms with Crippen LogP contribution in [0.1, 0.15) is 12.0 Å². The molecule has 5 rings (SSSR count). The maximum Gasteiger partial charge on any atom is 0.320 e. The van der Waals surface area contributed by atoms with E-state index in [1.807, 2.05) is 40.9 Å². The van der Waals surface area contributed by atoms with Crippen molar-refractivity contribution >= 4 is 28.9 Å². The standard InChI is InChI=1S/C21H26N6O2/c1-24-17-7-9-26(12-19(17)25(2)21(24)29)15-5-6-16-18(10-15)27(13-28)11-14-4-3-8-22-20(14)23-16/h3-6,8,10,17,19,28H,7,9,11-13H2,1-2H3,(H,22,23)/t17-,19+/m0/s1. The first-order valence-corrected chi connectivity index (χ1v) is 10.0. The van der Waals surface area contributed by atoms with Crippen molar-refractivity contribution in [2.75, 3.05) is 49.0 Å². The normalized spacial score (nSPS) is 23.3. The number of nitrogens with zero attached hydrogens (tertiary/aromatic N) is 5. The molecule has 29 heavy (non-hydrogen) atoms. The monoisotopic (exact) mass is 394 g/mol. The van der Waals surface area contributed by atoms with Crippen LogP contribution in [0.3, 0.4) is 0 Å². The average Bonchev–Trinajstić information content (AvgIpc) is 2.90. The number of carbonyl (C=O) groups excluding carboxylic acids is 1. The molecule has 4 heterocycles. The zero-order chi connectivity index (χ0) is 20.1. The van der Waals surface area contributed by atoms with Crippen LogP contribution in [0, 0.1) is 0 Å². The molecule has 0 aliphatic carbocycles. The number of anilines is 4. The number of piperidine rings is 1. The Labute approximate surface area is 170 Å². The summed E-state index contributed by atoms with van der Waals surface area (Å²) in [5, 5.41) is 13.4. The third-order valence-electron chi connectivity index (χ3n) is 6.51. The molecule has 8 heteroatoms. The number of carbonyl (C=O) groups is 1. The maximum atomic E-state index is 12.3. The van der Waals surface area contributed by atoms with E-state index in [1.54, 1.807) is 6.20 Å². The fourth-order valence-corrected chi connectivity index (χ4v) is 4.83. The first-order chi connectivity index (χ1) is 14.1. The van der Waals surface area contributed by atoms with E-state index in [2.05, 4.69) is 33.4 Å². The highest BCUT2D eigenvalue weighted by Gasteiger charge is 2.44. The van der Waals surface area contributed by atoms with E-state index < -0.39 is 0 Å². The van der Waals surface area contributed by atoms with Crippen molar-refractivity contribution in [2.24, 2.45) is 0 Å². The average molecular weight is 394 g/mol. The van der Waals surface area contributed by atoms with Gasteiger partial charge in [-0.15, -0.1) is 0 Å². The molecule has 0 saturated carbocycles. The molecule has 0 spiro atoms. The Morgan fingerprint density at radius 3 is 2.86 bits per heavy atom. The molecule has 8 nitrogen and oxygen atoms in total. The Kier molecular flexibility index (Phi) is 4.24. The Hall–Kier alpha value is -3.00. The van der Waals surface area contributed by atoms with Crippen molar-refractivity contribution in [2.45, 2.75) is 25.0 Å². The molecule has 1 aromatic heterocycles. The highest BCUT2D eigenvalue weighted by Crippen LogP contribution is 2.38. The van der Waals surface area contributed by atoms with Crippen LogP contribution in [0.15, 0.2) is 36.5 Å². The molecule has 2 atom stereocenters.